The van der Waals surface area contributed by atoms with E-state index in [9.17, 15) is 13.2 Å². The van der Waals surface area contributed by atoms with Crippen LogP contribution in [-0.4, -0.2) is 35.5 Å². The quantitative estimate of drug-likeness (QED) is 0.378. The third-order valence-corrected chi connectivity index (χ3v) is 6.16. The lowest BCUT2D eigenvalue weighted by atomic mass is 10.1. The Morgan fingerprint density at radius 1 is 0.848 bits per heavy atom. The maximum atomic E-state index is 12.8. The van der Waals surface area contributed by atoms with Crippen LogP contribution in [0.1, 0.15) is 15.9 Å². The molecule has 8 nitrogen and oxygen atoms in total. The number of methoxy groups -OCH3 is 3. The highest BCUT2D eigenvalue weighted by molar-refractivity contribution is 7.87. The second-order valence-corrected chi connectivity index (χ2v) is 8.42. The predicted molar refractivity (Wildman–Crippen MR) is 120 cm³/mol. The van der Waals surface area contributed by atoms with Crippen LogP contribution in [0, 0.1) is 0 Å². The van der Waals surface area contributed by atoms with Crippen LogP contribution in [0.4, 0.5) is 0 Å². The molecule has 0 bridgehead atoms. The van der Waals surface area contributed by atoms with Gasteiger partial charge in [0.2, 0.25) is 11.5 Å². The van der Waals surface area contributed by atoms with Crippen LogP contribution in [0.15, 0.2) is 71.3 Å². The highest BCUT2D eigenvalue weighted by Crippen LogP contribution is 2.42. The molecule has 3 aromatic rings. The number of carbonyl (C=O) groups is 1. The number of allylic oxidation sites excluding steroid dienone is 1. The van der Waals surface area contributed by atoms with Gasteiger partial charge in [-0.3, -0.25) is 4.79 Å². The first-order valence-electron chi connectivity index (χ1n) is 9.74. The van der Waals surface area contributed by atoms with Crippen molar-refractivity contribution < 1.29 is 36.3 Å². The lowest BCUT2D eigenvalue weighted by Gasteiger charge is -2.14. The number of rotatable bonds is 7. The molecule has 0 saturated heterocycles. The molecular formula is C24H20O8S. The number of Topliss-reactive ketones (excluding diaryl/α,β-unsaturated/α-hetero) is 1. The Kier molecular flexibility index (Phi) is 5.97. The lowest BCUT2D eigenvalue weighted by molar-refractivity contribution is 0.101. The van der Waals surface area contributed by atoms with Crippen molar-refractivity contribution in [2.24, 2.45) is 0 Å². The van der Waals surface area contributed by atoms with Gasteiger partial charge < -0.3 is 23.1 Å². The van der Waals surface area contributed by atoms with Crippen molar-refractivity contribution in [3.05, 3.63) is 77.5 Å². The number of hydrogen-bond donors (Lipinski definition) is 0. The molecule has 3 aromatic carbocycles. The highest BCUT2D eigenvalue weighted by Gasteiger charge is 2.29. The van der Waals surface area contributed by atoms with Crippen LogP contribution in [0.3, 0.4) is 0 Å². The Balaban J connectivity index is 1.64. The summed E-state index contributed by atoms with van der Waals surface area (Å²) in [6, 6.07) is 15.4. The van der Waals surface area contributed by atoms with E-state index >= 15 is 0 Å². The van der Waals surface area contributed by atoms with E-state index < -0.39 is 10.1 Å². The van der Waals surface area contributed by atoms with Gasteiger partial charge in [0.15, 0.2) is 17.3 Å². The van der Waals surface area contributed by atoms with Gasteiger partial charge in [-0.05, 0) is 42.5 Å². The van der Waals surface area contributed by atoms with E-state index in [1.165, 1.54) is 57.7 Å². The fraction of sp³-hybridized carbons (Fsp3) is 0.125. The Morgan fingerprint density at radius 2 is 1.58 bits per heavy atom. The van der Waals surface area contributed by atoms with Gasteiger partial charge in [-0.15, -0.1) is 0 Å². The highest BCUT2D eigenvalue weighted by atomic mass is 32.2. The summed E-state index contributed by atoms with van der Waals surface area (Å²) in [5.41, 5.74) is 0.819. The van der Waals surface area contributed by atoms with Gasteiger partial charge in [-0.25, -0.2) is 0 Å². The normalized spacial score (nSPS) is 13.9. The van der Waals surface area contributed by atoms with E-state index in [1.54, 1.807) is 30.3 Å². The minimum Gasteiger partial charge on any atom is -0.493 e. The zero-order valence-electron chi connectivity index (χ0n) is 18.0. The monoisotopic (exact) mass is 468 g/mol. The summed E-state index contributed by atoms with van der Waals surface area (Å²) in [6.07, 6.45) is 1.52. The maximum Gasteiger partial charge on any atom is 0.339 e. The van der Waals surface area contributed by atoms with Gasteiger partial charge in [-0.2, -0.15) is 8.42 Å². The first kappa shape index (κ1) is 22.2. The molecule has 0 spiro atoms. The summed E-state index contributed by atoms with van der Waals surface area (Å²) in [5, 5.41) is 0. The molecule has 0 aliphatic carbocycles. The molecule has 0 aromatic heterocycles. The zero-order valence-corrected chi connectivity index (χ0v) is 18.8. The van der Waals surface area contributed by atoms with Crippen molar-refractivity contribution in [3.8, 4) is 28.7 Å². The third kappa shape index (κ3) is 4.22. The summed E-state index contributed by atoms with van der Waals surface area (Å²) < 4.78 is 52.0. The molecule has 4 rings (SSSR count). The Hall–Kier alpha value is -3.98. The molecule has 1 aliphatic heterocycles. The Bertz CT molecular complexity index is 1340. The fourth-order valence-corrected chi connectivity index (χ4v) is 4.30. The van der Waals surface area contributed by atoms with Crippen LogP contribution < -0.4 is 23.1 Å². The molecule has 1 heterocycles. The van der Waals surface area contributed by atoms with Gasteiger partial charge in [0.1, 0.15) is 16.4 Å². The second-order valence-electron chi connectivity index (χ2n) is 6.87. The van der Waals surface area contributed by atoms with Crippen LogP contribution in [0.25, 0.3) is 6.08 Å². The van der Waals surface area contributed by atoms with Gasteiger partial charge >= 0.3 is 10.1 Å². The van der Waals surface area contributed by atoms with E-state index in [1.807, 2.05) is 0 Å². The van der Waals surface area contributed by atoms with Crippen molar-refractivity contribution in [3.63, 3.8) is 0 Å². The summed E-state index contributed by atoms with van der Waals surface area (Å²) >= 11 is 0. The number of ether oxygens (including phenoxy) is 4. The van der Waals surface area contributed by atoms with Gasteiger partial charge in [-0.1, -0.05) is 18.2 Å². The largest absolute Gasteiger partial charge is 0.493 e. The van der Waals surface area contributed by atoms with E-state index in [-0.39, 0.29) is 33.5 Å². The molecule has 170 valence electrons. The topological polar surface area (TPSA) is 97.4 Å². The number of ketones is 1. The minimum atomic E-state index is -4.03. The Labute approximate surface area is 191 Å². The number of fused-ring (bicyclic) bond motifs is 1. The molecule has 0 unspecified atom stereocenters. The van der Waals surface area contributed by atoms with Crippen LogP contribution in [-0.2, 0) is 10.1 Å². The number of benzene rings is 3. The molecule has 0 saturated carbocycles. The van der Waals surface area contributed by atoms with Crippen LogP contribution in [0.2, 0.25) is 0 Å². The van der Waals surface area contributed by atoms with Crippen LogP contribution in [0.5, 0.6) is 28.7 Å². The Morgan fingerprint density at radius 3 is 2.24 bits per heavy atom. The van der Waals surface area contributed by atoms with Gasteiger partial charge in [0.05, 0.1) is 26.9 Å². The summed E-state index contributed by atoms with van der Waals surface area (Å²) in [7, 11) is 0.436. The molecule has 9 heteroatoms. The molecule has 0 atom stereocenters. The molecule has 0 radical (unpaired) electrons. The van der Waals surface area contributed by atoms with Crippen molar-refractivity contribution in [2.75, 3.05) is 21.3 Å². The summed E-state index contributed by atoms with van der Waals surface area (Å²) in [6.45, 7) is 0. The van der Waals surface area contributed by atoms with E-state index in [0.29, 0.717) is 22.8 Å². The molecule has 1 aliphatic rings. The first-order chi connectivity index (χ1) is 15.9. The average Bonchev–Trinajstić information content (AvgIpc) is 3.13. The SMILES string of the molecule is COc1ccc(/C=C2\Oc3cc(OS(=O)(=O)c4ccccc4)ccc3C2=O)c(OC)c1OC. The van der Waals surface area contributed by atoms with Crippen molar-refractivity contribution in [1.82, 2.24) is 0 Å². The molecule has 0 amide bonds. The van der Waals surface area contributed by atoms with Crippen molar-refractivity contribution >= 4 is 22.0 Å². The van der Waals surface area contributed by atoms with Crippen molar-refractivity contribution in [2.45, 2.75) is 4.90 Å². The van der Waals surface area contributed by atoms with E-state index in [4.69, 9.17) is 23.1 Å². The lowest BCUT2D eigenvalue weighted by Crippen LogP contribution is -2.09. The van der Waals surface area contributed by atoms with E-state index in [0.717, 1.165) is 0 Å². The molecule has 33 heavy (non-hydrogen) atoms. The summed E-state index contributed by atoms with van der Waals surface area (Å²) in [4.78, 5) is 12.9. The number of carbonyl (C=O) groups excluding carboxylic acids is 1. The van der Waals surface area contributed by atoms with Crippen LogP contribution >= 0.6 is 0 Å². The first-order valence-corrected chi connectivity index (χ1v) is 11.2. The standard InChI is InChI=1S/C24H20O8S/c1-28-19-12-9-15(23(29-2)24(19)30-3)13-21-22(25)18-11-10-16(14-20(18)31-21)32-33(26,27)17-7-5-4-6-8-17/h4-14H,1-3H3/b21-13-. The smallest absolute Gasteiger partial charge is 0.339 e. The molecule has 0 fully saturated rings. The van der Waals surface area contributed by atoms with E-state index in [2.05, 4.69) is 0 Å². The zero-order chi connectivity index (χ0) is 23.6. The minimum absolute atomic E-state index is 0.0172. The fourth-order valence-electron chi connectivity index (χ4n) is 3.36. The van der Waals surface area contributed by atoms with Gasteiger partial charge in [0.25, 0.3) is 0 Å². The maximum absolute atomic E-state index is 12.8. The summed E-state index contributed by atoms with van der Waals surface area (Å²) in [5.74, 6) is 1.10. The second kappa shape index (κ2) is 8.87. The predicted octanol–water partition coefficient (Wildman–Crippen LogP) is 4.10. The third-order valence-electron chi connectivity index (χ3n) is 4.90. The number of hydrogen-bond acceptors (Lipinski definition) is 8. The van der Waals surface area contributed by atoms with Gasteiger partial charge in [0, 0.05) is 11.6 Å². The molecule has 0 N–H and O–H groups in total. The molecular weight excluding hydrogens is 448 g/mol. The van der Waals surface area contributed by atoms with Crippen molar-refractivity contribution in [1.29, 1.82) is 0 Å². The average molecular weight is 468 g/mol.